The van der Waals surface area contributed by atoms with Crippen LogP contribution in [0.5, 0.6) is 0 Å². The van der Waals surface area contributed by atoms with E-state index in [-0.39, 0.29) is 5.25 Å². The van der Waals surface area contributed by atoms with E-state index in [0.717, 1.165) is 25.9 Å². The summed E-state index contributed by atoms with van der Waals surface area (Å²) in [6.45, 7) is 7.72. The highest BCUT2D eigenvalue weighted by molar-refractivity contribution is 7.91. The maximum absolute atomic E-state index is 11.7. The molecule has 1 saturated carbocycles. The molecule has 0 aromatic rings. The lowest BCUT2D eigenvalue weighted by atomic mass is 10.0. The van der Waals surface area contributed by atoms with Crippen LogP contribution in [-0.4, -0.2) is 32.5 Å². The Morgan fingerprint density at radius 3 is 2.38 bits per heavy atom. The summed E-state index contributed by atoms with van der Waals surface area (Å²) < 4.78 is 23.4. The molecule has 0 amide bonds. The van der Waals surface area contributed by atoms with Crippen LogP contribution < -0.4 is 5.32 Å². The van der Waals surface area contributed by atoms with Crippen molar-refractivity contribution >= 4 is 9.84 Å². The van der Waals surface area contributed by atoms with Crippen LogP contribution in [0.25, 0.3) is 0 Å². The third kappa shape index (κ3) is 4.06. The van der Waals surface area contributed by atoms with Gasteiger partial charge in [0.15, 0.2) is 9.84 Å². The van der Waals surface area contributed by atoms with E-state index in [1.165, 1.54) is 12.8 Å². The molecule has 1 fully saturated rings. The summed E-state index contributed by atoms with van der Waals surface area (Å²) >= 11 is 0. The summed E-state index contributed by atoms with van der Waals surface area (Å²) in [5, 5.41) is 3.18. The van der Waals surface area contributed by atoms with E-state index in [0.29, 0.717) is 11.2 Å². The molecule has 0 heterocycles. The fourth-order valence-electron chi connectivity index (χ4n) is 1.82. The van der Waals surface area contributed by atoms with Crippen molar-refractivity contribution in [2.75, 3.05) is 18.8 Å². The summed E-state index contributed by atoms with van der Waals surface area (Å²) in [6.07, 6.45) is 4.36. The van der Waals surface area contributed by atoms with Crippen LogP contribution in [0.4, 0.5) is 0 Å². The fourth-order valence-corrected chi connectivity index (χ4v) is 3.01. The summed E-state index contributed by atoms with van der Waals surface area (Å²) in [5.74, 6) is 0.360. The molecule has 0 aromatic heterocycles. The minimum Gasteiger partial charge on any atom is -0.316 e. The van der Waals surface area contributed by atoms with Crippen LogP contribution in [0, 0.1) is 5.41 Å². The van der Waals surface area contributed by atoms with E-state index in [1.807, 2.05) is 0 Å². The number of rotatable bonds is 8. The zero-order chi connectivity index (χ0) is 12.2. The molecule has 16 heavy (non-hydrogen) atoms. The predicted molar refractivity (Wildman–Crippen MR) is 68.4 cm³/mol. The molecule has 0 saturated heterocycles. The van der Waals surface area contributed by atoms with Crippen molar-refractivity contribution in [3.05, 3.63) is 0 Å². The molecule has 0 aromatic carbocycles. The Labute approximate surface area is 99.9 Å². The number of nitrogens with one attached hydrogen (secondary N) is 1. The van der Waals surface area contributed by atoms with Crippen molar-refractivity contribution in [3.63, 3.8) is 0 Å². The smallest absolute Gasteiger partial charge is 0.152 e. The largest absolute Gasteiger partial charge is 0.316 e. The molecule has 1 rings (SSSR count). The van der Waals surface area contributed by atoms with Crippen molar-refractivity contribution in [1.82, 2.24) is 5.32 Å². The standard InChI is InChI=1S/C12H25NO2S/c1-4-8-13-10-12(5-6-12)7-9-16(14,15)11(2)3/h11,13H,4-10H2,1-3H3. The van der Waals surface area contributed by atoms with Crippen LogP contribution in [0.15, 0.2) is 0 Å². The van der Waals surface area contributed by atoms with Crippen molar-refractivity contribution < 1.29 is 8.42 Å². The predicted octanol–water partition coefficient (Wildman–Crippen LogP) is 1.98. The monoisotopic (exact) mass is 247 g/mol. The Balaban J connectivity index is 2.32. The summed E-state index contributed by atoms with van der Waals surface area (Å²) in [6, 6.07) is 0. The van der Waals surface area contributed by atoms with Crippen molar-refractivity contribution in [1.29, 1.82) is 0 Å². The molecule has 1 aliphatic carbocycles. The number of sulfone groups is 1. The quantitative estimate of drug-likeness (QED) is 0.667. The van der Waals surface area contributed by atoms with Crippen molar-refractivity contribution in [2.45, 2.75) is 51.7 Å². The SMILES string of the molecule is CCCNCC1(CCS(=O)(=O)C(C)C)CC1. The first-order valence-electron chi connectivity index (χ1n) is 6.34. The topological polar surface area (TPSA) is 46.2 Å². The normalized spacial score (nSPS) is 19.0. The van der Waals surface area contributed by atoms with Gasteiger partial charge in [-0.3, -0.25) is 0 Å². The first-order chi connectivity index (χ1) is 7.42. The summed E-state index contributed by atoms with van der Waals surface area (Å²) in [5.41, 5.74) is 0.303. The Hall–Kier alpha value is -0.0900. The number of hydrogen-bond donors (Lipinski definition) is 1. The van der Waals surface area contributed by atoms with Crippen molar-refractivity contribution in [2.24, 2.45) is 5.41 Å². The average molecular weight is 247 g/mol. The lowest BCUT2D eigenvalue weighted by Crippen LogP contribution is -2.28. The Morgan fingerprint density at radius 2 is 1.94 bits per heavy atom. The van der Waals surface area contributed by atoms with Gasteiger partial charge in [0.25, 0.3) is 0 Å². The maximum Gasteiger partial charge on any atom is 0.152 e. The molecular weight excluding hydrogens is 222 g/mol. The van der Waals surface area contributed by atoms with E-state index in [1.54, 1.807) is 13.8 Å². The van der Waals surface area contributed by atoms with Gasteiger partial charge < -0.3 is 5.32 Å². The highest BCUT2D eigenvalue weighted by Gasteiger charge is 2.42. The fraction of sp³-hybridized carbons (Fsp3) is 1.00. The maximum atomic E-state index is 11.7. The number of hydrogen-bond acceptors (Lipinski definition) is 3. The van der Waals surface area contributed by atoms with Gasteiger partial charge in [0.2, 0.25) is 0 Å². The van der Waals surface area contributed by atoms with Crippen LogP contribution in [0.3, 0.4) is 0 Å². The van der Waals surface area contributed by atoms with E-state index >= 15 is 0 Å². The highest BCUT2D eigenvalue weighted by atomic mass is 32.2. The second-order valence-electron chi connectivity index (χ2n) is 5.34. The molecule has 0 spiro atoms. The summed E-state index contributed by atoms with van der Waals surface area (Å²) in [4.78, 5) is 0. The van der Waals surface area contributed by atoms with Gasteiger partial charge in [0, 0.05) is 6.54 Å². The van der Waals surface area contributed by atoms with Gasteiger partial charge in [-0.2, -0.15) is 0 Å². The summed E-state index contributed by atoms with van der Waals surface area (Å²) in [7, 11) is -2.85. The first-order valence-corrected chi connectivity index (χ1v) is 8.06. The molecule has 1 aliphatic rings. The molecule has 0 atom stereocenters. The molecule has 1 N–H and O–H groups in total. The molecule has 96 valence electrons. The van der Waals surface area contributed by atoms with Gasteiger partial charge in [-0.1, -0.05) is 6.92 Å². The van der Waals surface area contributed by atoms with E-state index < -0.39 is 9.84 Å². The molecule has 3 nitrogen and oxygen atoms in total. The van der Waals surface area contributed by atoms with E-state index in [9.17, 15) is 8.42 Å². The minimum absolute atomic E-state index is 0.230. The third-order valence-corrected chi connectivity index (χ3v) is 5.73. The van der Waals surface area contributed by atoms with Gasteiger partial charge in [-0.15, -0.1) is 0 Å². The van der Waals surface area contributed by atoms with Gasteiger partial charge in [-0.05, 0) is 51.5 Å². The first kappa shape index (κ1) is 14.0. The lowest BCUT2D eigenvalue weighted by molar-refractivity contribution is 0.442. The van der Waals surface area contributed by atoms with Crippen LogP contribution in [0.1, 0.15) is 46.5 Å². The van der Waals surface area contributed by atoms with Gasteiger partial charge in [-0.25, -0.2) is 8.42 Å². The lowest BCUT2D eigenvalue weighted by Gasteiger charge is -2.16. The average Bonchev–Trinajstić information content (AvgIpc) is 2.96. The molecule has 0 radical (unpaired) electrons. The van der Waals surface area contributed by atoms with Crippen molar-refractivity contribution in [3.8, 4) is 0 Å². The molecular formula is C12H25NO2S. The van der Waals surface area contributed by atoms with Crippen LogP contribution >= 0.6 is 0 Å². The molecule has 0 unspecified atom stereocenters. The minimum atomic E-state index is -2.85. The van der Waals surface area contributed by atoms with Gasteiger partial charge in [0.1, 0.15) is 0 Å². The zero-order valence-corrected chi connectivity index (χ0v) is 11.6. The van der Waals surface area contributed by atoms with Crippen LogP contribution in [0.2, 0.25) is 0 Å². The van der Waals surface area contributed by atoms with Gasteiger partial charge >= 0.3 is 0 Å². The second-order valence-corrected chi connectivity index (χ2v) is 8.02. The molecule has 4 heteroatoms. The Bertz CT molecular complexity index is 305. The van der Waals surface area contributed by atoms with E-state index in [2.05, 4.69) is 12.2 Å². The van der Waals surface area contributed by atoms with Gasteiger partial charge in [0.05, 0.1) is 11.0 Å². The Kier molecular flexibility index (Phi) is 4.80. The Morgan fingerprint density at radius 1 is 1.31 bits per heavy atom. The third-order valence-electron chi connectivity index (χ3n) is 3.52. The molecule has 0 bridgehead atoms. The highest BCUT2D eigenvalue weighted by Crippen LogP contribution is 2.48. The molecule has 0 aliphatic heterocycles. The second kappa shape index (κ2) is 5.50. The zero-order valence-electron chi connectivity index (χ0n) is 10.8. The van der Waals surface area contributed by atoms with E-state index in [4.69, 9.17) is 0 Å². The van der Waals surface area contributed by atoms with Crippen LogP contribution in [-0.2, 0) is 9.84 Å².